The highest BCUT2D eigenvalue weighted by Gasteiger charge is 2.33. The maximum Gasteiger partial charge on any atom is 0.177 e. The van der Waals surface area contributed by atoms with Gasteiger partial charge in [0.2, 0.25) is 0 Å². The van der Waals surface area contributed by atoms with Gasteiger partial charge < -0.3 is 0 Å². The minimum absolute atomic E-state index is 0.243. The van der Waals surface area contributed by atoms with E-state index in [0.717, 1.165) is 28.1 Å². The molecule has 0 atom stereocenters. The summed E-state index contributed by atoms with van der Waals surface area (Å²) >= 11 is 5.14. The number of hydrogen-bond donors (Lipinski definition) is 0. The lowest BCUT2D eigenvalue weighted by molar-refractivity contribution is 0.0823. The zero-order valence-corrected chi connectivity index (χ0v) is 14.7. The van der Waals surface area contributed by atoms with Crippen molar-refractivity contribution in [3.05, 3.63) is 20.3 Å². The van der Waals surface area contributed by atoms with Crippen LogP contribution in [-0.4, -0.2) is 5.78 Å². The Hall–Kier alpha value is -0.150. The highest BCUT2D eigenvalue weighted by molar-refractivity contribution is 9.10. The van der Waals surface area contributed by atoms with Gasteiger partial charge in [0, 0.05) is 15.3 Å². The Morgan fingerprint density at radius 2 is 1.84 bits per heavy atom. The van der Waals surface area contributed by atoms with Gasteiger partial charge >= 0.3 is 0 Å². The van der Waals surface area contributed by atoms with Gasteiger partial charge in [0.1, 0.15) is 0 Å². The number of hydrogen-bond acceptors (Lipinski definition) is 2. The molecule has 0 aliphatic heterocycles. The highest BCUT2D eigenvalue weighted by Crippen LogP contribution is 2.41. The number of aryl methyl sites for hydroxylation is 1. The van der Waals surface area contributed by atoms with Crippen LogP contribution in [0, 0.1) is 24.2 Å². The Morgan fingerprint density at radius 3 is 2.26 bits per heavy atom. The molecule has 1 fully saturated rings. The minimum Gasteiger partial charge on any atom is -0.293 e. The molecule has 106 valence electrons. The van der Waals surface area contributed by atoms with Crippen molar-refractivity contribution in [2.75, 3.05) is 0 Å². The molecule has 1 aliphatic rings. The second kappa shape index (κ2) is 5.69. The minimum atomic E-state index is 0.243. The predicted molar refractivity (Wildman–Crippen MR) is 86.0 cm³/mol. The number of Topliss-reactive ketones (excluding diaryl/α,β-unsaturated/α-hetero) is 1. The summed E-state index contributed by atoms with van der Waals surface area (Å²) in [6, 6.07) is 2.05. The molecule has 0 amide bonds. The fourth-order valence-electron chi connectivity index (χ4n) is 3.06. The summed E-state index contributed by atoms with van der Waals surface area (Å²) in [4.78, 5) is 14.7. The Balaban J connectivity index is 2.02. The smallest absolute Gasteiger partial charge is 0.177 e. The summed E-state index contributed by atoms with van der Waals surface area (Å²) < 4.78 is 0.984. The summed E-state index contributed by atoms with van der Waals surface area (Å²) in [5.41, 5.74) is 0.383. The lowest BCUT2D eigenvalue weighted by atomic mass is 9.69. The van der Waals surface area contributed by atoms with Crippen LogP contribution < -0.4 is 0 Å². The van der Waals surface area contributed by atoms with Crippen LogP contribution >= 0.6 is 27.3 Å². The van der Waals surface area contributed by atoms with Crippen LogP contribution in [0.15, 0.2) is 10.5 Å². The first-order chi connectivity index (χ1) is 8.79. The van der Waals surface area contributed by atoms with E-state index in [1.807, 2.05) is 0 Å². The average Bonchev–Trinajstić information content (AvgIpc) is 2.66. The molecule has 1 aliphatic carbocycles. The number of ketones is 1. The molecule has 0 N–H and O–H groups in total. The average molecular weight is 343 g/mol. The molecule has 0 bridgehead atoms. The molecule has 0 unspecified atom stereocenters. The second-order valence-corrected chi connectivity index (χ2v) is 8.92. The lowest BCUT2D eigenvalue weighted by Gasteiger charge is -2.36. The van der Waals surface area contributed by atoms with Crippen molar-refractivity contribution in [1.82, 2.24) is 0 Å². The number of rotatable bonds is 2. The van der Waals surface area contributed by atoms with Gasteiger partial charge in [-0.3, -0.25) is 4.79 Å². The number of thiophene rings is 1. The Bertz CT molecular complexity index is 462. The maximum absolute atomic E-state index is 12.6. The third-order valence-electron chi connectivity index (χ3n) is 4.36. The fraction of sp³-hybridized carbons (Fsp3) is 0.688. The number of carbonyl (C=O) groups excluding carboxylic acids is 1. The van der Waals surface area contributed by atoms with E-state index < -0.39 is 0 Å². The molecular formula is C16H23BrOS. The van der Waals surface area contributed by atoms with Gasteiger partial charge in [-0.2, -0.15) is 0 Å². The zero-order valence-electron chi connectivity index (χ0n) is 12.3. The van der Waals surface area contributed by atoms with E-state index in [-0.39, 0.29) is 5.92 Å². The molecule has 19 heavy (non-hydrogen) atoms. The molecule has 1 heterocycles. The first-order valence-electron chi connectivity index (χ1n) is 7.09. The summed E-state index contributed by atoms with van der Waals surface area (Å²) in [5, 5.41) is 0. The van der Waals surface area contributed by atoms with Gasteiger partial charge in [-0.15, -0.1) is 11.3 Å². The summed E-state index contributed by atoms with van der Waals surface area (Å²) in [6.07, 6.45) is 4.51. The van der Waals surface area contributed by atoms with Gasteiger partial charge in [0.25, 0.3) is 0 Å². The highest BCUT2D eigenvalue weighted by atomic mass is 79.9. The number of carbonyl (C=O) groups is 1. The second-order valence-electron chi connectivity index (χ2n) is 6.81. The van der Waals surface area contributed by atoms with E-state index in [2.05, 4.69) is 49.7 Å². The van der Waals surface area contributed by atoms with Crippen molar-refractivity contribution in [2.45, 2.75) is 53.4 Å². The van der Waals surface area contributed by atoms with Crippen molar-refractivity contribution < 1.29 is 4.79 Å². The Labute approximate surface area is 128 Å². The third-order valence-corrected chi connectivity index (χ3v) is 6.31. The van der Waals surface area contributed by atoms with E-state index in [4.69, 9.17) is 0 Å². The summed E-state index contributed by atoms with van der Waals surface area (Å²) in [7, 11) is 0. The molecular weight excluding hydrogens is 320 g/mol. The standard InChI is InChI=1S/C16H23BrOS/c1-10-9-13(17)15(19-10)14(18)11-5-7-12(8-6-11)16(2,3)4/h9,11-12H,5-8H2,1-4H3. The molecule has 0 spiro atoms. The molecule has 1 nitrogen and oxygen atoms in total. The van der Waals surface area contributed by atoms with E-state index in [1.165, 1.54) is 17.7 Å². The molecule has 1 aromatic heterocycles. The van der Waals surface area contributed by atoms with Crippen molar-refractivity contribution >= 4 is 33.0 Å². The molecule has 1 saturated carbocycles. The molecule has 0 aromatic carbocycles. The van der Waals surface area contributed by atoms with Crippen molar-refractivity contribution in [3.63, 3.8) is 0 Å². The van der Waals surface area contributed by atoms with Crippen molar-refractivity contribution in [1.29, 1.82) is 0 Å². The quantitative estimate of drug-likeness (QED) is 0.615. The van der Waals surface area contributed by atoms with Crippen LogP contribution in [0.4, 0.5) is 0 Å². The predicted octanol–water partition coefficient (Wildman–Crippen LogP) is 5.85. The fourth-order valence-corrected chi connectivity index (χ4v) is 4.91. The van der Waals surface area contributed by atoms with Crippen LogP contribution in [0.3, 0.4) is 0 Å². The van der Waals surface area contributed by atoms with E-state index >= 15 is 0 Å². The molecule has 3 heteroatoms. The van der Waals surface area contributed by atoms with Crippen LogP contribution in [0.25, 0.3) is 0 Å². The van der Waals surface area contributed by atoms with Crippen LogP contribution in [0.2, 0.25) is 0 Å². The van der Waals surface area contributed by atoms with Crippen molar-refractivity contribution in [3.8, 4) is 0 Å². The van der Waals surface area contributed by atoms with Gasteiger partial charge in [-0.05, 0) is 65.9 Å². The summed E-state index contributed by atoms with van der Waals surface area (Å²) in [6.45, 7) is 9.01. The largest absolute Gasteiger partial charge is 0.293 e. The summed E-state index contributed by atoms with van der Waals surface area (Å²) in [5.74, 6) is 1.37. The van der Waals surface area contributed by atoms with Gasteiger partial charge in [0.15, 0.2) is 5.78 Å². The Morgan fingerprint density at radius 1 is 1.26 bits per heavy atom. The van der Waals surface area contributed by atoms with Crippen LogP contribution in [-0.2, 0) is 0 Å². The molecule has 1 aromatic rings. The van der Waals surface area contributed by atoms with Crippen LogP contribution in [0.5, 0.6) is 0 Å². The monoisotopic (exact) mass is 342 g/mol. The van der Waals surface area contributed by atoms with E-state index in [0.29, 0.717) is 11.2 Å². The van der Waals surface area contributed by atoms with E-state index in [9.17, 15) is 4.79 Å². The molecule has 0 saturated heterocycles. The molecule has 0 radical (unpaired) electrons. The normalized spacial score (nSPS) is 24.5. The van der Waals surface area contributed by atoms with Crippen LogP contribution in [0.1, 0.15) is 61.0 Å². The van der Waals surface area contributed by atoms with Gasteiger partial charge in [0.05, 0.1) is 4.88 Å². The number of halogens is 1. The lowest BCUT2D eigenvalue weighted by Crippen LogP contribution is -2.28. The van der Waals surface area contributed by atoms with Gasteiger partial charge in [-0.1, -0.05) is 20.8 Å². The first kappa shape index (κ1) is 15.2. The zero-order chi connectivity index (χ0) is 14.2. The maximum atomic E-state index is 12.6. The topological polar surface area (TPSA) is 17.1 Å². The van der Waals surface area contributed by atoms with Gasteiger partial charge in [-0.25, -0.2) is 0 Å². The molecule has 2 rings (SSSR count). The first-order valence-corrected chi connectivity index (χ1v) is 8.70. The third kappa shape index (κ3) is 3.49. The van der Waals surface area contributed by atoms with E-state index in [1.54, 1.807) is 11.3 Å². The SMILES string of the molecule is Cc1cc(Br)c(C(=O)C2CCC(C(C)(C)C)CC2)s1. The van der Waals surface area contributed by atoms with Crippen molar-refractivity contribution in [2.24, 2.45) is 17.3 Å². The Kier molecular flexibility index (Phi) is 4.56.